The van der Waals surface area contributed by atoms with E-state index in [4.69, 9.17) is 9.47 Å². The zero-order chi connectivity index (χ0) is 19.2. The highest BCUT2D eigenvalue weighted by Gasteiger charge is 2.24. The largest absolute Gasteiger partial charge is 0.476 e. The number of carboxylic acids is 1. The lowest BCUT2D eigenvalue weighted by Crippen LogP contribution is -2.34. The predicted molar refractivity (Wildman–Crippen MR) is 92.0 cm³/mol. The van der Waals surface area contributed by atoms with Crippen molar-refractivity contribution in [1.82, 2.24) is 10.3 Å². The maximum Gasteiger partial charge on any atom is 0.412 e. The van der Waals surface area contributed by atoms with Gasteiger partial charge in [-0.3, -0.25) is 5.32 Å². The fourth-order valence-electron chi connectivity index (χ4n) is 1.56. The molecule has 0 aliphatic heterocycles. The number of aromatic nitrogens is 1. The minimum atomic E-state index is -1.31. The number of alkyl carbamates (subject to hydrolysis) is 1. The third-order valence-electron chi connectivity index (χ3n) is 2.50. The molecule has 9 nitrogen and oxygen atoms in total. The second kappa shape index (κ2) is 8.47. The van der Waals surface area contributed by atoms with Gasteiger partial charge in [-0.1, -0.05) is 24.0 Å². The summed E-state index contributed by atoms with van der Waals surface area (Å²) < 4.78 is 9.88. The summed E-state index contributed by atoms with van der Waals surface area (Å²) in [5, 5.41) is 14.4. The van der Waals surface area contributed by atoms with Gasteiger partial charge in [0, 0.05) is 0 Å². The number of thiazole rings is 1. The van der Waals surface area contributed by atoms with Crippen molar-refractivity contribution >= 4 is 34.5 Å². The molecular weight excluding hydrogens is 350 g/mol. The Labute approximate surface area is 149 Å². The number of carboxylic acid groups (broad SMARTS) is 1. The van der Waals surface area contributed by atoms with Crippen LogP contribution in [0.5, 0.6) is 0 Å². The lowest BCUT2D eigenvalue weighted by Gasteiger charge is -2.21. The van der Waals surface area contributed by atoms with Crippen LogP contribution >= 0.6 is 11.3 Å². The minimum Gasteiger partial charge on any atom is -0.476 e. The van der Waals surface area contributed by atoms with Gasteiger partial charge in [-0.2, -0.15) is 0 Å². The highest BCUT2D eigenvalue weighted by molar-refractivity contribution is 7.16. The first-order valence-electron chi connectivity index (χ1n) is 7.31. The normalized spacial score (nSPS) is 12.0. The molecule has 0 aromatic carbocycles. The smallest absolute Gasteiger partial charge is 0.412 e. The number of hydrogen-bond acceptors (Lipinski definition) is 7. The third kappa shape index (κ3) is 6.79. The van der Waals surface area contributed by atoms with Crippen LogP contribution in [0.1, 0.15) is 49.2 Å². The van der Waals surface area contributed by atoms with Crippen molar-refractivity contribution in [3.8, 4) is 0 Å². The molecule has 1 atom stereocenters. The number of rotatable bonds is 6. The Bertz CT molecular complexity index is 665. The van der Waals surface area contributed by atoms with Gasteiger partial charge in [-0.25, -0.2) is 19.4 Å². The maximum atomic E-state index is 11.8. The van der Waals surface area contributed by atoms with E-state index >= 15 is 0 Å². The number of nitrogens with zero attached hydrogens (tertiary/aromatic N) is 1. The molecule has 0 fully saturated rings. The Kier molecular flexibility index (Phi) is 6.92. The van der Waals surface area contributed by atoms with Crippen molar-refractivity contribution in [3.05, 3.63) is 23.4 Å². The summed E-state index contributed by atoms with van der Waals surface area (Å²) in [6.45, 7) is 10.2. The molecule has 0 saturated carbocycles. The Balaban J connectivity index is 2.88. The number of amides is 2. The van der Waals surface area contributed by atoms with Gasteiger partial charge in [0.05, 0.1) is 6.04 Å². The van der Waals surface area contributed by atoms with E-state index in [2.05, 4.69) is 22.2 Å². The van der Waals surface area contributed by atoms with Gasteiger partial charge in [0.1, 0.15) is 22.2 Å². The Morgan fingerprint density at radius 1 is 1.36 bits per heavy atom. The van der Waals surface area contributed by atoms with Gasteiger partial charge < -0.3 is 19.9 Å². The van der Waals surface area contributed by atoms with E-state index in [1.807, 2.05) is 0 Å². The summed E-state index contributed by atoms with van der Waals surface area (Å²) >= 11 is 0.918. The standard InChI is InChI=1S/C15H21N3O6S/c1-6-7-23-13(21)18-11-9(12(19)20)17-10(25-11)8(2)16-14(22)24-15(3,4)5/h6,8H,1,7H2,2-5H3,(H,16,22)(H,18,21)(H,19,20). The van der Waals surface area contributed by atoms with Crippen LogP contribution in [-0.2, 0) is 9.47 Å². The monoisotopic (exact) mass is 371 g/mol. The van der Waals surface area contributed by atoms with Crippen LogP contribution in [0.2, 0.25) is 0 Å². The molecule has 25 heavy (non-hydrogen) atoms. The van der Waals surface area contributed by atoms with Crippen LogP contribution in [0, 0.1) is 0 Å². The van der Waals surface area contributed by atoms with Crippen LogP contribution in [-0.4, -0.2) is 40.5 Å². The van der Waals surface area contributed by atoms with Crippen molar-refractivity contribution in [2.75, 3.05) is 11.9 Å². The molecule has 1 unspecified atom stereocenters. The second-order valence-electron chi connectivity index (χ2n) is 5.92. The zero-order valence-electron chi connectivity index (χ0n) is 14.4. The highest BCUT2D eigenvalue weighted by Crippen LogP contribution is 2.29. The number of aromatic carboxylic acids is 1. The van der Waals surface area contributed by atoms with E-state index in [1.165, 1.54) is 6.08 Å². The molecule has 1 rings (SSSR count). The Morgan fingerprint density at radius 2 is 2.00 bits per heavy atom. The van der Waals surface area contributed by atoms with E-state index in [1.54, 1.807) is 27.7 Å². The molecule has 0 radical (unpaired) electrons. The lowest BCUT2D eigenvalue weighted by molar-refractivity contribution is 0.0507. The van der Waals surface area contributed by atoms with Crippen molar-refractivity contribution in [2.45, 2.75) is 39.3 Å². The number of hydrogen-bond donors (Lipinski definition) is 3. The Morgan fingerprint density at radius 3 is 2.52 bits per heavy atom. The van der Waals surface area contributed by atoms with Crippen LogP contribution in [0.3, 0.4) is 0 Å². The van der Waals surface area contributed by atoms with Gasteiger partial charge in [-0.15, -0.1) is 0 Å². The molecule has 10 heteroatoms. The average molecular weight is 371 g/mol. The summed E-state index contributed by atoms with van der Waals surface area (Å²) in [7, 11) is 0. The molecule has 0 aliphatic rings. The molecule has 138 valence electrons. The topological polar surface area (TPSA) is 127 Å². The number of carbonyl (C=O) groups excluding carboxylic acids is 2. The Hall–Kier alpha value is -2.62. The van der Waals surface area contributed by atoms with Crippen molar-refractivity contribution in [3.63, 3.8) is 0 Å². The fourth-order valence-corrected chi connectivity index (χ4v) is 2.51. The minimum absolute atomic E-state index is 0.00870. The van der Waals surface area contributed by atoms with E-state index in [-0.39, 0.29) is 17.3 Å². The van der Waals surface area contributed by atoms with Crippen LogP contribution < -0.4 is 10.6 Å². The number of carbonyl (C=O) groups is 3. The van der Waals surface area contributed by atoms with Gasteiger partial charge in [0.25, 0.3) is 0 Å². The van der Waals surface area contributed by atoms with Crippen molar-refractivity contribution < 1.29 is 29.0 Å². The predicted octanol–water partition coefficient (Wildman–Crippen LogP) is 3.16. The molecule has 1 aromatic rings. The SMILES string of the molecule is C=CCOC(=O)Nc1sc(C(C)NC(=O)OC(C)(C)C)nc1C(=O)O. The van der Waals surface area contributed by atoms with Crippen molar-refractivity contribution in [2.24, 2.45) is 0 Å². The lowest BCUT2D eigenvalue weighted by atomic mass is 10.2. The summed E-state index contributed by atoms with van der Waals surface area (Å²) in [4.78, 5) is 38.6. The zero-order valence-corrected chi connectivity index (χ0v) is 15.2. The summed E-state index contributed by atoms with van der Waals surface area (Å²) in [6, 6.07) is -0.613. The molecule has 0 saturated heterocycles. The number of nitrogens with one attached hydrogen (secondary N) is 2. The highest BCUT2D eigenvalue weighted by atomic mass is 32.1. The van der Waals surface area contributed by atoms with E-state index in [0.29, 0.717) is 5.01 Å². The van der Waals surface area contributed by atoms with Gasteiger partial charge in [-0.05, 0) is 27.7 Å². The van der Waals surface area contributed by atoms with Crippen LogP contribution in [0.15, 0.2) is 12.7 Å². The third-order valence-corrected chi connectivity index (χ3v) is 3.65. The fraction of sp³-hybridized carbons (Fsp3) is 0.467. The first-order chi connectivity index (χ1) is 11.5. The average Bonchev–Trinajstić information content (AvgIpc) is 2.87. The van der Waals surface area contributed by atoms with E-state index < -0.39 is 29.8 Å². The summed E-state index contributed by atoms with van der Waals surface area (Å²) in [5.74, 6) is -1.31. The molecule has 0 aliphatic carbocycles. The van der Waals surface area contributed by atoms with Crippen LogP contribution in [0.4, 0.5) is 14.6 Å². The van der Waals surface area contributed by atoms with E-state index in [0.717, 1.165) is 11.3 Å². The first kappa shape index (κ1) is 20.4. The maximum absolute atomic E-state index is 11.8. The molecule has 1 heterocycles. The molecule has 0 bridgehead atoms. The van der Waals surface area contributed by atoms with Crippen LogP contribution in [0.25, 0.3) is 0 Å². The second-order valence-corrected chi connectivity index (χ2v) is 6.95. The summed E-state index contributed by atoms with van der Waals surface area (Å²) in [5.41, 5.74) is -1.01. The van der Waals surface area contributed by atoms with Gasteiger partial charge >= 0.3 is 18.2 Å². The first-order valence-corrected chi connectivity index (χ1v) is 8.13. The van der Waals surface area contributed by atoms with E-state index in [9.17, 15) is 19.5 Å². The molecule has 0 spiro atoms. The molecule has 3 N–H and O–H groups in total. The summed E-state index contributed by atoms with van der Waals surface area (Å²) in [6.07, 6.45) is -0.111. The van der Waals surface area contributed by atoms with Gasteiger partial charge in [0.15, 0.2) is 5.69 Å². The van der Waals surface area contributed by atoms with Crippen molar-refractivity contribution in [1.29, 1.82) is 0 Å². The number of ether oxygens (including phenoxy) is 2. The number of anilines is 1. The molecule has 1 aromatic heterocycles. The van der Waals surface area contributed by atoms with Gasteiger partial charge in [0.2, 0.25) is 0 Å². The molecular formula is C15H21N3O6S. The quantitative estimate of drug-likeness (QED) is 0.655. The molecule has 2 amide bonds.